The first-order valence-corrected chi connectivity index (χ1v) is 13.6. The molecule has 1 aliphatic carbocycles. The first kappa shape index (κ1) is 24.7. The van der Waals surface area contributed by atoms with Crippen LogP contribution in [0.4, 0.5) is 4.39 Å². The molecule has 6 rings (SSSR count). The number of nitrogens with one attached hydrogen (secondary N) is 1. The summed E-state index contributed by atoms with van der Waals surface area (Å²) in [4.78, 5) is 19.3. The van der Waals surface area contributed by atoms with Crippen LogP contribution < -0.4 is 5.32 Å². The molecule has 1 unspecified atom stereocenters. The molecular weight excluding hydrogens is 477 g/mol. The zero-order valence-corrected chi connectivity index (χ0v) is 21.4. The number of pyridine rings is 1. The number of para-hydroxylation sites is 1. The highest BCUT2D eigenvalue weighted by Gasteiger charge is 2.37. The summed E-state index contributed by atoms with van der Waals surface area (Å²) in [5.74, 6) is -0.231. The molecule has 1 amide bonds. The summed E-state index contributed by atoms with van der Waals surface area (Å²) in [7, 11) is 0. The second-order valence-corrected chi connectivity index (χ2v) is 10.8. The van der Waals surface area contributed by atoms with Crippen LogP contribution in [0.25, 0.3) is 22.2 Å². The second kappa shape index (κ2) is 10.3. The van der Waals surface area contributed by atoms with E-state index in [1.165, 1.54) is 12.1 Å². The molecule has 194 valence electrons. The van der Waals surface area contributed by atoms with Gasteiger partial charge in [0.15, 0.2) is 0 Å². The van der Waals surface area contributed by atoms with Crippen molar-refractivity contribution in [2.24, 2.45) is 5.92 Å². The predicted octanol–water partition coefficient (Wildman–Crippen LogP) is 6.81. The lowest BCUT2D eigenvalue weighted by Gasteiger charge is -2.34. The number of halogens is 1. The number of aromatic nitrogens is 1. The van der Waals surface area contributed by atoms with Crippen LogP contribution in [0.1, 0.15) is 59.6 Å². The lowest BCUT2D eigenvalue weighted by atomic mass is 9.94. The zero-order chi connectivity index (χ0) is 26.1. The summed E-state index contributed by atoms with van der Waals surface area (Å²) >= 11 is 0. The molecule has 0 radical (unpaired) electrons. The van der Waals surface area contributed by atoms with E-state index in [4.69, 9.17) is 4.98 Å². The number of hydroxylamine groups is 3. The monoisotopic (exact) mass is 510 g/mol. The summed E-state index contributed by atoms with van der Waals surface area (Å²) in [5.41, 5.74) is 4.46. The fourth-order valence-corrected chi connectivity index (χ4v) is 5.87. The largest absolute Gasteiger partial charge is 0.345 e. The van der Waals surface area contributed by atoms with Crippen LogP contribution >= 0.6 is 0 Å². The molecule has 38 heavy (non-hydrogen) atoms. The molecule has 0 bridgehead atoms. The number of likely N-dealkylation sites (tertiary alicyclic amines) is 1. The Kier molecular flexibility index (Phi) is 6.68. The first-order chi connectivity index (χ1) is 18.5. The molecule has 6 heteroatoms. The molecule has 1 saturated carbocycles. The molecule has 1 aromatic heterocycles. The van der Waals surface area contributed by atoms with Crippen LogP contribution in [0, 0.1) is 11.7 Å². The van der Waals surface area contributed by atoms with Crippen molar-refractivity contribution < 1.29 is 19.0 Å². The number of hydrogen-bond donors (Lipinski definition) is 2. The third kappa shape index (κ3) is 5.06. The van der Waals surface area contributed by atoms with E-state index in [2.05, 4.69) is 5.32 Å². The van der Waals surface area contributed by atoms with Gasteiger partial charge in [0, 0.05) is 16.5 Å². The fraction of sp³-hybridized carbons (Fsp3) is 0.312. The molecule has 2 fully saturated rings. The van der Waals surface area contributed by atoms with Crippen molar-refractivity contribution in [3.05, 3.63) is 101 Å². The van der Waals surface area contributed by atoms with Gasteiger partial charge in [-0.2, -0.15) is 4.65 Å². The minimum atomic E-state index is -0.305. The van der Waals surface area contributed by atoms with Gasteiger partial charge in [0.2, 0.25) is 0 Å². The van der Waals surface area contributed by atoms with Gasteiger partial charge in [-0.3, -0.25) is 4.79 Å². The van der Waals surface area contributed by atoms with Crippen LogP contribution in [0.2, 0.25) is 0 Å². The lowest BCUT2D eigenvalue weighted by Crippen LogP contribution is -2.48. The molecule has 3 aromatic carbocycles. The van der Waals surface area contributed by atoms with Crippen molar-refractivity contribution in [1.29, 1.82) is 0 Å². The Balaban J connectivity index is 1.50. The Morgan fingerprint density at radius 3 is 2.45 bits per heavy atom. The summed E-state index contributed by atoms with van der Waals surface area (Å²) in [6.07, 6.45) is 4.99. The number of nitrogens with zero attached hydrogens (tertiary/aromatic N) is 2. The Morgan fingerprint density at radius 2 is 1.71 bits per heavy atom. The Bertz CT molecular complexity index is 1460. The summed E-state index contributed by atoms with van der Waals surface area (Å²) in [6.45, 7) is 1.60. The number of amides is 1. The highest BCUT2D eigenvalue weighted by Crippen LogP contribution is 2.42. The highest BCUT2D eigenvalue weighted by molar-refractivity contribution is 6.09. The van der Waals surface area contributed by atoms with E-state index in [9.17, 15) is 14.4 Å². The third-order valence-corrected chi connectivity index (χ3v) is 7.96. The van der Waals surface area contributed by atoms with E-state index >= 15 is 0 Å². The highest BCUT2D eigenvalue weighted by atomic mass is 19.1. The molecule has 1 saturated heterocycles. The number of quaternary nitrogens is 1. The number of piperidine rings is 1. The normalized spacial score (nSPS) is 17.7. The molecule has 0 spiro atoms. The molecule has 2 aliphatic rings. The average Bonchev–Trinajstić information content (AvgIpc) is 3.77. The van der Waals surface area contributed by atoms with E-state index in [-0.39, 0.29) is 28.3 Å². The van der Waals surface area contributed by atoms with Crippen molar-refractivity contribution >= 4 is 16.8 Å². The van der Waals surface area contributed by atoms with Gasteiger partial charge in [-0.1, -0.05) is 60.7 Å². The average molecular weight is 511 g/mol. The van der Waals surface area contributed by atoms with Crippen LogP contribution in [0.15, 0.2) is 78.9 Å². The number of carbonyl (C=O) groups is 1. The van der Waals surface area contributed by atoms with Crippen molar-refractivity contribution in [3.8, 4) is 11.3 Å². The van der Waals surface area contributed by atoms with E-state index < -0.39 is 0 Å². The molecule has 1 atom stereocenters. The van der Waals surface area contributed by atoms with Crippen LogP contribution in [-0.2, 0) is 6.54 Å². The van der Waals surface area contributed by atoms with Crippen LogP contribution in [0.5, 0.6) is 0 Å². The van der Waals surface area contributed by atoms with Crippen LogP contribution in [-0.4, -0.2) is 33.8 Å². The van der Waals surface area contributed by atoms with Gasteiger partial charge in [0.05, 0.1) is 22.8 Å². The van der Waals surface area contributed by atoms with Gasteiger partial charge in [-0.05, 0) is 61.8 Å². The van der Waals surface area contributed by atoms with Crippen molar-refractivity contribution in [1.82, 2.24) is 10.3 Å². The third-order valence-electron chi connectivity index (χ3n) is 7.96. The predicted molar refractivity (Wildman–Crippen MR) is 146 cm³/mol. The molecule has 4 aromatic rings. The maximum absolute atomic E-state index is 14.3. The van der Waals surface area contributed by atoms with E-state index in [1.54, 1.807) is 6.07 Å². The van der Waals surface area contributed by atoms with Gasteiger partial charge in [-0.25, -0.2) is 14.6 Å². The van der Waals surface area contributed by atoms with Gasteiger partial charge >= 0.3 is 0 Å². The summed E-state index contributed by atoms with van der Waals surface area (Å²) in [6, 6.07) is 23.9. The number of rotatable bonds is 7. The van der Waals surface area contributed by atoms with Crippen molar-refractivity contribution in [2.45, 2.75) is 44.7 Å². The molecule has 2 N–H and O–H groups in total. The fourth-order valence-electron chi connectivity index (χ4n) is 5.87. The van der Waals surface area contributed by atoms with Crippen LogP contribution in [0.3, 0.4) is 0 Å². The van der Waals surface area contributed by atoms with E-state index in [1.807, 2.05) is 60.7 Å². The van der Waals surface area contributed by atoms with E-state index in [0.29, 0.717) is 25.2 Å². The number of hydrogen-bond acceptors (Lipinski definition) is 3. The maximum Gasteiger partial charge on any atom is 0.253 e. The smallest absolute Gasteiger partial charge is 0.253 e. The molecular formula is C32H33FN3O2+. The maximum atomic E-state index is 14.3. The molecule has 5 nitrogen and oxygen atoms in total. The van der Waals surface area contributed by atoms with Gasteiger partial charge in [-0.15, -0.1) is 0 Å². The lowest BCUT2D eigenvalue weighted by molar-refractivity contribution is -1.12. The Labute approximate surface area is 222 Å². The van der Waals surface area contributed by atoms with Crippen molar-refractivity contribution in [3.63, 3.8) is 0 Å². The minimum absolute atomic E-state index is 0.101. The van der Waals surface area contributed by atoms with Gasteiger partial charge in [0.25, 0.3) is 5.91 Å². The quantitative estimate of drug-likeness (QED) is 0.269. The standard InChI is InChI=1S/C32H32FN3O2/c33-25-13-9-12-24(20-25)30(23-16-17-23)35-32(37)29-26-14-5-6-15-28(26)34-31(22-10-3-1-4-11-22)27(29)21-36(38)18-7-2-8-19-36/h1,3-6,9-15,20,23,30,38H,2,7-8,16-19,21H2/p+1. The second-order valence-electron chi connectivity index (χ2n) is 10.8. The molecule has 2 heterocycles. The van der Waals surface area contributed by atoms with Gasteiger partial charge in [0.1, 0.15) is 25.5 Å². The SMILES string of the molecule is O=C(NC(c1cccc(F)c1)C1CC1)c1c(C[N+]2(O)CCCCC2)c(-c2ccccc2)nc2ccccc12. The number of benzene rings is 3. The minimum Gasteiger partial charge on any atom is -0.345 e. The number of carbonyl (C=O) groups excluding carboxylic acids is 1. The van der Waals surface area contributed by atoms with Gasteiger partial charge < -0.3 is 5.32 Å². The topological polar surface area (TPSA) is 62.2 Å². The zero-order valence-electron chi connectivity index (χ0n) is 21.4. The molecule has 1 aliphatic heterocycles. The Hall–Kier alpha value is -3.61. The van der Waals surface area contributed by atoms with Crippen molar-refractivity contribution in [2.75, 3.05) is 13.1 Å². The Morgan fingerprint density at radius 1 is 0.974 bits per heavy atom. The summed E-state index contributed by atoms with van der Waals surface area (Å²) in [5, 5.41) is 15.6. The summed E-state index contributed by atoms with van der Waals surface area (Å²) < 4.78 is 14.0. The first-order valence-electron chi connectivity index (χ1n) is 13.6. The van der Waals surface area contributed by atoms with E-state index in [0.717, 1.165) is 65.4 Å². The number of fused-ring (bicyclic) bond motifs is 1.